The molecule has 6 heteroatoms. The predicted octanol–water partition coefficient (Wildman–Crippen LogP) is 2.42. The summed E-state index contributed by atoms with van der Waals surface area (Å²) in [5.74, 6) is 1.11. The number of hydrogen-bond acceptors (Lipinski definition) is 5. The average molecular weight is 275 g/mol. The van der Waals surface area contributed by atoms with Gasteiger partial charge in [-0.1, -0.05) is 18.0 Å². The van der Waals surface area contributed by atoms with Crippen molar-refractivity contribution >= 4 is 0 Å². The molecule has 1 aliphatic carbocycles. The Kier molecular flexibility index (Phi) is 2.93. The van der Waals surface area contributed by atoms with Crippen LogP contribution in [0.15, 0.2) is 16.9 Å². The second-order valence-electron chi connectivity index (χ2n) is 6.63. The Morgan fingerprint density at radius 2 is 2.00 bits per heavy atom. The van der Waals surface area contributed by atoms with E-state index in [0.717, 1.165) is 31.2 Å². The van der Waals surface area contributed by atoms with E-state index in [1.807, 2.05) is 10.9 Å². The van der Waals surface area contributed by atoms with Gasteiger partial charge in [0.1, 0.15) is 0 Å². The van der Waals surface area contributed by atoms with Crippen molar-refractivity contribution in [3.8, 4) is 11.5 Å². The van der Waals surface area contributed by atoms with Gasteiger partial charge in [0.15, 0.2) is 5.82 Å². The molecule has 2 N–H and O–H groups in total. The first-order chi connectivity index (χ1) is 9.38. The molecule has 0 bridgehead atoms. The first-order valence-electron chi connectivity index (χ1n) is 7.07. The van der Waals surface area contributed by atoms with Crippen LogP contribution in [0.1, 0.15) is 52.3 Å². The van der Waals surface area contributed by atoms with Gasteiger partial charge in [-0.05, 0) is 33.6 Å². The summed E-state index contributed by atoms with van der Waals surface area (Å²) in [5, 5.41) is 8.42. The summed E-state index contributed by atoms with van der Waals surface area (Å²) in [7, 11) is 0. The van der Waals surface area contributed by atoms with E-state index in [1.54, 1.807) is 6.20 Å². The van der Waals surface area contributed by atoms with Crippen molar-refractivity contribution in [3.05, 3.63) is 18.2 Å². The van der Waals surface area contributed by atoms with E-state index < -0.39 is 5.54 Å². The lowest BCUT2D eigenvalue weighted by Crippen LogP contribution is -2.34. The third kappa shape index (κ3) is 2.24. The van der Waals surface area contributed by atoms with E-state index >= 15 is 0 Å². The highest BCUT2D eigenvalue weighted by Gasteiger charge is 2.36. The Hall–Kier alpha value is -1.69. The Morgan fingerprint density at radius 1 is 1.30 bits per heavy atom. The van der Waals surface area contributed by atoms with Crippen molar-refractivity contribution in [1.29, 1.82) is 0 Å². The highest BCUT2D eigenvalue weighted by Crippen LogP contribution is 2.35. The Balaban J connectivity index is 1.89. The molecule has 1 saturated carbocycles. The Morgan fingerprint density at radius 3 is 2.60 bits per heavy atom. The average Bonchev–Trinajstić information content (AvgIpc) is 3.07. The van der Waals surface area contributed by atoms with Gasteiger partial charge < -0.3 is 10.3 Å². The predicted molar refractivity (Wildman–Crippen MR) is 74.8 cm³/mol. The van der Waals surface area contributed by atoms with Crippen LogP contribution in [0.5, 0.6) is 0 Å². The minimum Gasteiger partial charge on any atom is -0.334 e. The van der Waals surface area contributed by atoms with Gasteiger partial charge in [0.25, 0.3) is 5.89 Å². The molecular weight excluding hydrogens is 254 g/mol. The summed E-state index contributed by atoms with van der Waals surface area (Å²) in [6.07, 6.45) is 7.78. The minimum atomic E-state index is -0.415. The van der Waals surface area contributed by atoms with Crippen LogP contribution >= 0.6 is 0 Å². The molecule has 2 heterocycles. The number of nitrogens with two attached hydrogens (primary N) is 1. The zero-order valence-electron chi connectivity index (χ0n) is 12.3. The van der Waals surface area contributed by atoms with Crippen LogP contribution in [0, 0.1) is 0 Å². The van der Waals surface area contributed by atoms with E-state index in [4.69, 9.17) is 10.3 Å². The molecule has 0 spiro atoms. The van der Waals surface area contributed by atoms with Crippen LogP contribution < -0.4 is 5.73 Å². The first kappa shape index (κ1) is 13.3. The molecule has 0 unspecified atom stereocenters. The maximum Gasteiger partial charge on any atom is 0.261 e. The van der Waals surface area contributed by atoms with E-state index in [-0.39, 0.29) is 5.54 Å². The number of rotatable bonds is 2. The van der Waals surface area contributed by atoms with Gasteiger partial charge in [-0.3, -0.25) is 4.68 Å². The largest absolute Gasteiger partial charge is 0.334 e. The van der Waals surface area contributed by atoms with Crippen molar-refractivity contribution in [2.75, 3.05) is 0 Å². The topological polar surface area (TPSA) is 82.8 Å². The monoisotopic (exact) mass is 275 g/mol. The zero-order valence-corrected chi connectivity index (χ0v) is 12.3. The molecule has 2 aromatic heterocycles. The van der Waals surface area contributed by atoms with Crippen LogP contribution in [-0.4, -0.2) is 19.9 Å². The van der Waals surface area contributed by atoms with Gasteiger partial charge in [0.2, 0.25) is 0 Å². The molecule has 0 atom stereocenters. The van der Waals surface area contributed by atoms with Crippen molar-refractivity contribution in [3.63, 3.8) is 0 Å². The van der Waals surface area contributed by atoms with Gasteiger partial charge in [-0.2, -0.15) is 10.1 Å². The smallest absolute Gasteiger partial charge is 0.261 e. The van der Waals surface area contributed by atoms with Crippen LogP contribution in [0.4, 0.5) is 0 Å². The van der Waals surface area contributed by atoms with Crippen LogP contribution in [0.2, 0.25) is 0 Å². The van der Waals surface area contributed by atoms with Crippen molar-refractivity contribution in [1.82, 2.24) is 19.9 Å². The van der Waals surface area contributed by atoms with E-state index in [9.17, 15) is 0 Å². The molecular formula is C14H21N5O. The lowest BCUT2D eigenvalue weighted by molar-refractivity contribution is 0.355. The summed E-state index contributed by atoms with van der Waals surface area (Å²) in [4.78, 5) is 4.47. The molecule has 6 nitrogen and oxygen atoms in total. The van der Waals surface area contributed by atoms with E-state index in [0.29, 0.717) is 11.7 Å². The zero-order chi connectivity index (χ0) is 14.4. The molecule has 20 heavy (non-hydrogen) atoms. The molecule has 0 amide bonds. The maximum atomic E-state index is 6.34. The number of hydrogen-bond donors (Lipinski definition) is 1. The van der Waals surface area contributed by atoms with E-state index in [1.165, 1.54) is 0 Å². The van der Waals surface area contributed by atoms with Gasteiger partial charge in [0, 0.05) is 6.20 Å². The van der Waals surface area contributed by atoms with Gasteiger partial charge >= 0.3 is 0 Å². The minimum absolute atomic E-state index is 0.0678. The summed E-state index contributed by atoms with van der Waals surface area (Å²) >= 11 is 0. The van der Waals surface area contributed by atoms with Crippen molar-refractivity contribution in [2.24, 2.45) is 5.73 Å². The van der Waals surface area contributed by atoms with Crippen LogP contribution in [-0.2, 0) is 11.1 Å². The second-order valence-corrected chi connectivity index (χ2v) is 6.63. The fraction of sp³-hybridized carbons (Fsp3) is 0.643. The number of aromatic nitrogens is 4. The SMILES string of the molecule is CC(C)(C)n1cc(-c2nc(C3(N)CCCC3)no2)cn1. The molecule has 3 rings (SSSR count). The highest BCUT2D eigenvalue weighted by molar-refractivity contribution is 5.49. The first-order valence-corrected chi connectivity index (χ1v) is 7.07. The van der Waals surface area contributed by atoms with E-state index in [2.05, 4.69) is 36.0 Å². The molecule has 1 aliphatic rings. The summed E-state index contributed by atoms with van der Waals surface area (Å²) in [5.41, 5.74) is 6.69. The Bertz CT molecular complexity index is 601. The lowest BCUT2D eigenvalue weighted by atomic mass is 9.99. The van der Waals surface area contributed by atoms with Crippen molar-refractivity contribution in [2.45, 2.75) is 57.5 Å². The standard InChI is InChI=1S/C14H21N5O/c1-13(2,3)19-9-10(8-16-19)11-17-12(18-20-11)14(15)6-4-5-7-14/h8-9H,4-7,15H2,1-3H3. The van der Waals surface area contributed by atoms with Crippen LogP contribution in [0.25, 0.3) is 11.5 Å². The fourth-order valence-electron chi connectivity index (χ4n) is 2.57. The third-order valence-corrected chi connectivity index (χ3v) is 3.88. The molecule has 2 aromatic rings. The van der Waals surface area contributed by atoms with Crippen LogP contribution in [0.3, 0.4) is 0 Å². The molecule has 0 aliphatic heterocycles. The summed E-state index contributed by atoms with van der Waals surface area (Å²) < 4.78 is 7.25. The van der Waals surface area contributed by atoms with Crippen molar-refractivity contribution < 1.29 is 4.52 Å². The normalized spacial score (nSPS) is 18.6. The molecule has 1 fully saturated rings. The van der Waals surface area contributed by atoms with Gasteiger partial charge in [0.05, 0.1) is 22.8 Å². The lowest BCUT2D eigenvalue weighted by Gasteiger charge is -2.18. The fourth-order valence-corrected chi connectivity index (χ4v) is 2.57. The molecule has 0 radical (unpaired) electrons. The molecule has 0 aromatic carbocycles. The quantitative estimate of drug-likeness (QED) is 0.910. The maximum absolute atomic E-state index is 6.34. The number of nitrogens with zero attached hydrogens (tertiary/aromatic N) is 4. The van der Waals surface area contributed by atoms with Gasteiger partial charge in [-0.25, -0.2) is 0 Å². The Labute approximate surface area is 118 Å². The second kappa shape index (κ2) is 4.41. The third-order valence-electron chi connectivity index (χ3n) is 3.88. The molecule has 0 saturated heterocycles. The highest BCUT2D eigenvalue weighted by atomic mass is 16.5. The van der Waals surface area contributed by atoms with Gasteiger partial charge in [-0.15, -0.1) is 0 Å². The summed E-state index contributed by atoms with van der Waals surface area (Å²) in [6, 6.07) is 0. The summed E-state index contributed by atoms with van der Waals surface area (Å²) in [6.45, 7) is 6.28. The molecule has 108 valence electrons.